The maximum Gasteiger partial charge on any atom is 0.305 e. The first kappa shape index (κ1) is 15.3. The van der Waals surface area contributed by atoms with Crippen LogP contribution >= 0.6 is 0 Å². The van der Waals surface area contributed by atoms with Crippen LogP contribution < -0.4 is 5.32 Å². The number of aliphatic carboxylic acids is 1. The standard InChI is InChI=1S/C17H19N3O3/c21-15(19-17(7-4-8-17)10-16(22)23)9-13-11-18-20(12-13)14-5-2-1-3-6-14/h1-3,5-6,11-12H,4,7-10H2,(H,19,21)(H,22,23). The molecule has 23 heavy (non-hydrogen) atoms. The third kappa shape index (κ3) is 3.59. The molecule has 2 aromatic rings. The normalized spacial score (nSPS) is 15.7. The minimum Gasteiger partial charge on any atom is -0.481 e. The van der Waals surface area contributed by atoms with E-state index in [1.807, 2.05) is 36.5 Å². The van der Waals surface area contributed by atoms with Crippen LogP contribution in [0.3, 0.4) is 0 Å². The minimum absolute atomic E-state index is 0.0119. The zero-order valence-corrected chi connectivity index (χ0v) is 12.7. The summed E-state index contributed by atoms with van der Waals surface area (Å²) in [5.74, 6) is -1.03. The number of benzene rings is 1. The number of carboxylic acid groups (broad SMARTS) is 1. The molecule has 0 atom stereocenters. The fraction of sp³-hybridized carbons (Fsp3) is 0.353. The fourth-order valence-corrected chi connectivity index (χ4v) is 2.94. The average Bonchev–Trinajstić information content (AvgIpc) is 2.93. The summed E-state index contributed by atoms with van der Waals surface area (Å²) in [4.78, 5) is 23.2. The van der Waals surface area contributed by atoms with Gasteiger partial charge in [-0.1, -0.05) is 18.2 Å². The molecule has 0 aliphatic heterocycles. The Morgan fingerprint density at radius 3 is 2.61 bits per heavy atom. The van der Waals surface area contributed by atoms with Gasteiger partial charge < -0.3 is 10.4 Å². The van der Waals surface area contributed by atoms with Crippen molar-refractivity contribution in [2.45, 2.75) is 37.6 Å². The zero-order chi connectivity index (χ0) is 16.3. The van der Waals surface area contributed by atoms with Crippen LogP contribution in [0.1, 0.15) is 31.2 Å². The lowest BCUT2D eigenvalue weighted by Crippen LogP contribution is -2.55. The molecule has 0 saturated heterocycles. The van der Waals surface area contributed by atoms with Gasteiger partial charge in [-0.2, -0.15) is 5.10 Å². The maximum atomic E-state index is 12.2. The molecule has 3 rings (SSSR count). The van der Waals surface area contributed by atoms with Crippen molar-refractivity contribution in [3.63, 3.8) is 0 Å². The van der Waals surface area contributed by atoms with Crippen molar-refractivity contribution in [2.24, 2.45) is 0 Å². The molecular formula is C17H19N3O3. The van der Waals surface area contributed by atoms with Crippen molar-refractivity contribution >= 4 is 11.9 Å². The number of hydrogen-bond donors (Lipinski definition) is 2. The van der Waals surface area contributed by atoms with Crippen molar-refractivity contribution in [3.05, 3.63) is 48.3 Å². The molecule has 1 aliphatic carbocycles. The number of amides is 1. The first-order valence-electron chi connectivity index (χ1n) is 7.68. The summed E-state index contributed by atoms with van der Waals surface area (Å²) in [7, 11) is 0. The molecular weight excluding hydrogens is 294 g/mol. The molecule has 1 aromatic carbocycles. The van der Waals surface area contributed by atoms with E-state index < -0.39 is 11.5 Å². The van der Waals surface area contributed by atoms with E-state index in [0.717, 1.165) is 30.5 Å². The summed E-state index contributed by atoms with van der Waals surface area (Å²) in [6.07, 6.45) is 6.09. The van der Waals surface area contributed by atoms with Crippen LogP contribution in [0.25, 0.3) is 5.69 Å². The number of nitrogens with one attached hydrogen (secondary N) is 1. The molecule has 0 bridgehead atoms. The average molecular weight is 313 g/mol. The van der Waals surface area contributed by atoms with Crippen LogP contribution in [0.4, 0.5) is 0 Å². The SMILES string of the molecule is O=C(O)CC1(NC(=O)Cc2cnn(-c3ccccc3)c2)CCC1. The highest BCUT2D eigenvalue weighted by Crippen LogP contribution is 2.34. The van der Waals surface area contributed by atoms with Crippen molar-refractivity contribution < 1.29 is 14.7 Å². The smallest absolute Gasteiger partial charge is 0.305 e. The molecule has 1 fully saturated rings. The predicted octanol–water partition coefficient (Wildman–Crippen LogP) is 1.93. The van der Waals surface area contributed by atoms with Gasteiger partial charge in [0.1, 0.15) is 0 Å². The third-order valence-electron chi connectivity index (χ3n) is 4.23. The minimum atomic E-state index is -0.873. The van der Waals surface area contributed by atoms with Crippen molar-refractivity contribution in [1.29, 1.82) is 0 Å². The summed E-state index contributed by atoms with van der Waals surface area (Å²) < 4.78 is 1.72. The first-order chi connectivity index (χ1) is 11.1. The van der Waals surface area contributed by atoms with Crippen LogP contribution in [0.5, 0.6) is 0 Å². The molecule has 1 saturated carbocycles. The van der Waals surface area contributed by atoms with Gasteiger partial charge in [-0.05, 0) is 37.0 Å². The number of aromatic nitrogens is 2. The highest BCUT2D eigenvalue weighted by molar-refractivity contribution is 5.80. The molecule has 0 radical (unpaired) electrons. The molecule has 1 amide bonds. The van der Waals surface area contributed by atoms with E-state index in [4.69, 9.17) is 5.11 Å². The predicted molar refractivity (Wildman–Crippen MR) is 84.2 cm³/mol. The van der Waals surface area contributed by atoms with Crippen LogP contribution in [0.15, 0.2) is 42.7 Å². The Morgan fingerprint density at radius 1 is 1.26 bits per heavy atom. The van der Waals surface area contributed by atoms with Gasteiger partial charge in [0.05, 0.1) is 30.3 Å². The summed E-state index contributed by atoms with van der Waals surface area (Å²) in [6, 6.07) is 9.66. The number of carbonyl (C=O) groups is 2. The number of nitrogens with zero attached hydrogens (tertiary/aromatic N) is 2. The second-order valence-corrected chi connectivity index (χ2v) is 6.06. The quantitative estimate of drug-likeness (QED) is 0.853. The van der Waals surface area contributed by atoms with E-state index in [9.17, 15) is 9.59 Å². The molecule has 6 nitrogen and oxygen atoms in total. The Morgan fingerprint density at radius 2 is 2.00 bits per heavy atom. The number of carboxylic acids is 1. The van der Waals surface area contributed by atoms with Crippen molar-refractivity contribution in [2.75, 3.05) is 0 Å². The Labute approximate surface area is 134 Å². The highest BCUT2D eigenvalue weighted by atomic mass is 16.4. The molecule has 0 spiro atoms. The van der Waals surface area contributed by atoms with Crippen molar-refractivity contribution in [3.8, 4) is 5.69 Å². The Hall–Kier alpha value is -2.63. The monoisotopic (exact) mass is 313 g/mol. The first-order valence-corrected chi connectivity index (χ1v) is 7.68. The second-order valence-electron chi connectivity index (χ2n) is 6.06. The summed E-state index contributed by atoms with van der Waals surface area (Å²) in [5.41, 5.74) is 1.18. The molecule has 1 heterocycles. The molecule has 120 valence electrons. The van der Waals surface area contributed by atoms with Gasteiger partial charge in [0.25, 0.3) is 0 Å². The number of rotatable bonds is 6. The van der Waals surface area contributed by atoms with E-state index >= 15 is 0 Å². The fourth-order valence-electron chi connectivity index (χ4n) is 2.94. The highest BCUT2D eigenvalue weighted by Gasteiger charge is 2.40. The summed E-state index contributed by atoms with van der Waals surface area (Å²) in [6.45, 7) is 0. The van der Waals surface area contributed by atoms with E-state index in [2.05, 4.69) is 10.4 Å². The van der Waals surface area contributed by atoms with Gasteiger partial charge in [0.15, 0.2) is 0 Å². The Balaban J connectivity index is 1.62. The maximum absolute atomic E-state index is 12.2. The number of hydrogen-bond acceptors (Lipinski definition) is 3. The topological polar surface area (TPSA) is 84.2 Å². The van der Waals surface area contributed by atoms with E-state index in [-0.39, 0.29) is 18.7 Å². The van der Waals surface area contributed by atoms with Gasteiger partial charge in [-0.3, -0.25) is 9.59 Å². The van der Waals surface area contributed by atoms with Crippen LogP contribution in [-0.4, -0.2) is 32.3 Å². The van der Waals surface area contributed by atoms with Crippen LogP contribution in [0, 0.1) is 0 Å². The lowest BCUT2D eigenvalue weighted by atomic mass is 9.74. The molecule has 2 N–H and O–H groups in total. The second kappa shape index (κ2) is 6.24. The molecule has 1 aliphatic rings. The lowest BCUT2D eigenvalue weighted by Gasteiger charge is -2.41. The van der Waals surface area contributed by atoms with Gasteiger partial charge in [0.2, 0.25) is 5.91 Å². The Bertz CT molecular complexity index is 705. The van der Waals surface area contributed by atoms with E-state index in [1.54, 1.807) is 10.9 Å². The zero-order valence-electron chi connectivity index (χ0n) is 12.7. The summed E-state index contributed by atoms with van der Waals surface area (Å²) in [5, 5.41) is 16.1. The Kier molecular flexibility index (Phi) is 4.14. The summed E-state index contributed by atoms with van der Waals surface area (Å²) >= 11 is 0. The van der Waals surface area contributed by atoms with E-state index in [1.165, 1.54) is 0 Å². The van der Waals surface area contributed by atoms with E-state index in [0.29, 0.717) is 0 Å². The van der Waals surface area contributed by atoms with Crippen LogP contribution in [-0.2, 0) is 16.0 Å². The number of para-hydroxylation sites is 1. The third-order valence-corrected chi connectivity index (χ3v) is 4.23. The number of carbonyl (C=O) groups excluding carboxylic acids is 1. The molecule has 1 aromatic heterocycles. The molecule has 6 heteroatoms. The molecule has 0 unspecified atom stereocenters. The van der Waals surface area contributed by atoms with Gasteiger partial charge >= 0.3 is 5.97 Å². The van der Waals surface area contributed by atoms with Gasteiger partial charge in [0, 0.05) is 6.20 Å². The van der Waals surface area contributed by atoms with Crippen molar-refractivity contribution in [1.82, 2.24) is 15.1 Å². The largest absolute Gasteiger partial charge is 0.481 e. The lowest BCUT2D eigenvalue weighted by molar-refractivity contribution is -0.140. The van der Waals surface area contributed by atoms with Crippen LogP contribution in [0.2, 0.25) is 0 Å². The van der Waals surface area contributed by atoms with Gasteiger partial charge in [-0.15, -0.1) is 0 Å². The van der Waals surface area contributed by atoms with Gasteiger partial charge in [-0.25, -0.2) is 4.68 Å².